The van der Waals surface area contributed by atoms with Crippen molar-refractivity contribution >= 4 is 23.0 Å². The van der Waals surface area contributed by atoms with Gasteiger partial charge in [0, 0.05) is 31.7 Å². The van der Waals surface area contributed by atoms with Crippen molar-refractivity contribution in [1.29, 1.82) is 0 Å². The number of nitrogens with zero attached hydrogens (tertiary/aromatic N) is 1. The highest BCUT2D eigenvalue weighted by atomic mass is 32.2. The summed E-state index contributed by atoms with van der Waals surface area (Å²) in [5, 5.41) is 10.2. The second kappa shape index (κ2) is 8.88. The average molecular weight is 398 g/mol. The molecule has 2 aliphatic rings. The van der Waals surface area contributed by atoms with Crippen LogP contribution in [0, 0.1) is 5.92 Å². The second-order valence-corrected chi connectivity index (χ2v) is 7.73. The summed E-state index contributed by atoms with van der Waals surface area (Å²) in [5.74, 6) is -2.41. The lowest BCUT2D eigenvalue weighted by Crippen LogP contribution is -2.37. The Morgan fingerprint density at radius 1 is 1.41 bits per heavy atom. The monoisotopic (exact) mass is 398 g/mol. The van der Waals surface area contributed by atoms with Gasteiger partial charge in [-0.1, -0.05) is 36.9 Å². The van der Waals surface area contributed by atoms with Crippen molar-refractivity contribution in [2.24, 2.45) is 11.0 Å². The Kier molecular flexibility index (Phi) is 6.54. The van der Waals surface area contributed by atoms with Gasteiger partial charge in [-0.05, 0) is 30.4 Å². The number of carbonyl (C=O) groups excluding carboxylic acids is 1. The van der Waals surface area contributed by atoms with Crippen molar-refractivity contribution in [1.82, 2.24) is 16.1 Å². The number of hydrogen-bond donors (Lipinski definition) is 3. The molecule has 2 amide bonds. The summed E-state index contributed by atoms with van der Waals surface area (Å²) in [6.07, 6.45) is 1.68. The third kappa shape index (κ3) is 5.32. The van der Waals surface area contributed by atoms with E-state index in [-0.39, 0.29) is 23.9 Å². The molecule has 2 aliphatic heterocycles. The van der Waals surface area contributed by atoms with Crippen LogP contribution in [0.3, 0.4) is 0 Å². The molecule has 0 saturated carbocycles. The first-order chi connectivity index (χ1) is 13.0. The molecular weight excluding hydrogens is 374 g/mol. The van der Waals surface area contributed by atoms with E-state index < -0.39 is 12.0 Å². The summed E-state index contributed by atoms with van der Waals surface area (Å²) in [4.78, 5) is 12.1. The van der Waals surface area contributed by atoms with Crippen molar-refractivity contribution in [2.75, 3.05) is 13.2 Å². The Morgan fingerprint density at radius 2 is 2.19 bits per heavy atom. The summed E-state index contributed by atoms with van der Waals surface area (Å²) in [6.45, 7) is 3.11. The molecule has 148 valence electrons. The first kappa shape index (κ1) is 19.9. The van der Waals surface area contributed by atoms with E-state index >= 15 is 0 Å². The molecular formula is C18H24F2N4O2S. The fourth-order valence-corrected chi connectivity index (χ4v) is 4.08. The molecule has 6 nitrogen and oxygen atoms in total. The zero-order chi connectivity index (χ0) is 19.3. The number of benzene rings is 1. The van der Waals surface area contributed by atoms with Crippen molar-refractivity contribution in [3.05, 3.63) is 35.4 Å². The molecule has 3 N–H and O–H groups in total. The van der Waals surface area contributed by atoms with Crippen LogP contribution in [0.15, 0.2) is 29.4 Å². The van der Waals surface area contributed by atoms with Crippen LogP contribution in [-0.4, -0.2) is 29.8 Å². The van der Waals surface area contributed by atoms with Gasteiger partial charge in [-0.3, -0.25) is 10.7 Å². The van der Waals surface area contributed by atoms with Crippen LogP contribution >= 0.6 is 11.8 Å². The molecule has 1 aromatic rings. The molecule has 0 radical (unpaired) electrons. The van der Waals surface area contributed by atoms with Crippen LogP contribution in [0.25, 0.3) is 0 Å². The first-order valence-electron chi connectivity index (χ1n) is 9.07. The molecule has 1 saturated heterocycles. The fourth-order valence-electron chi connectivity index (χ4n) is 3.01. The molecule has 0 spiro atoms. The maximum atomic E-state index is 13.8. The minimum Gasteiger partial charge on any atom is -0.381 e. The number of rotatable bonds is 5. The SMILES string of the molecule is CCC(F)(F)c1cccc(CNC(=O)NC2=NNC(C3CCOCC3)S2)c1. The lowest BCUT2D eigenvalue weighted by Gasteiger charge is -2.26. The van der Waals surface area contributed by atoms with Crippen molar-refractivity contribution in [2.45, 2.75) is 44.0 Å². The molecule has 0 aromatic heterocycles. The number of thioether (sulfide) groups is 1. The number of carbonyl (C=O) groups is 1. The smallest absolute Gasteiger partial charge is 0.321 e. The van der Waals surface area contributed by atoms with Crippen LogP contribution < -0.4 is 16.1 Å². The van der Waals surface area contributed by atoms with Gasteiger partial charge < -0.3 is 10.1 Å². The van der Waals surface area contributed by atoms with Crippen LogP contribution in [0.5, 0.6) is 0 Å². The van der Waals surface area contributed by atoms with Gasteiger partial charge in [0.1, 0.15) is 0 Å². The number of alkyl halides is 2. The maximum Gasteiger partial charge on any atom is 0.321 e. The van der Waals surface area contributed by atoms with Gasteiger partial charge in [-0.25, -0.2) is 13.6 Å². The van der Waals surface area contributed by atoms with E-state index in [1.54, 1.807) is 12.1 Å². The maximum absolute atomic E-state index is 13.8. The normalized spacial score (nSPS) is 20.7. The Bertz CT molecular complexity index is 696. The van der Waals surface area contributed by atoms with Crippen molar-refractivity contribution < 1.29 is 18.3 Å². The molecule has 1 unspecified atom stereocenters. The summed E-state index contributed by atoms with van der Waals surface area (Å²) < 4.78 is 32.9. The van der Waals surface area contributed by atoms with Gasteiger partial charge in [0.25, 0.3) is 5.92 Å². The van der Waals surface area contributed by atoms with E-state index in [0.29, 0.717) is 16.6 Å². The lowest BCUT2D eigenvalue weighted by molar-refractivity contribution is -0.00835. The zero-order valence-electron chi connectivity index (χ0n) is 15.1. The average Bonchev–Trinajstić information content (AvgIpc) is 3.16. The van der Waals surface area contributed by atoms with E-state index in [2.05, 4.69) is 21.2 Å². The van der Waals surface area contributed by atoms with Gasteiger partial charge in [0.2, 0.25) is 0 Å². The minimum atomic E-state index is -2.86. The topological polar surface area (TPSA) is 74.8 Å². The molecule has 0 bridgehead atoms. The molecule has 2 heterocycles. The third-order valence-electron chi connectivity index (χ3n) is 4.69. The second-order valence-electron chi connectivity index (χ2n) is 6.60. The van der Waals surface area contributed by atoms with Crippen LogP contribution in [0.1, 0.15) is 37.3 Å². The molecule has 27 heavy (non-hydrogen) atoms. The van der Waals surface area contributed by atoms with E-state index in [0.717, 1.165) is 26.1 Å². The van der Waals surface area contributed by atoms with E-state index in [4.69, 9.17) is 4.74 Å². The summed E-state index contributed by atoms with van der Waals surface area (Å²) >= 11 is 1.49. The number of amidine groups is 1. The van der Waals surface area contributed by atoms with Crippen molar-refractivity contribution in [3.8, 4) is 0 Å². The lowest BCUT2D eigenvalue weighted by atomic mass is 10.0. The fraction of sp³-hybridized carbons (Fsp3) is 0.556. The van der Waals surface area contributed by atoms with E-state index in [1.165, 1.54) is 30.8 Å². The molecule has 1 atom stereocenters. The largest absolute Gasteiger partial charge is 0.381 e. The highest BCUT2D eigenvalue weighted by Gasteiger charge is 2.30. The number of hydrazone groups is 1. The van der Waals surface area contributed by atoms with Crippen molar-refractivity contribution in [3.63, 3.8) is 0 Å². The minimum absolute atomic E-state index is 0.0380. The predicted octanol–water partition coefficient (Wildman–Crippen LogP) is 3.35. The van der Waals surface area contributed by atoms with Gasteiger partial charge in [-0.2, -0.15) is 5.10 Å². The molecule has 1 aromatic carbocycles. The van der Waals surface area contributed by atoms with E-state index in [1.807, 2.05) is 0 Å². The van der Waals surface area contributed by atoms with Gasteiger partial charge in [0.05, 0.1) is 5.37 Å². The quantitative estimate of drug-likeness (QED) is 0.711. The molecule has 1 fully saturated rings. The third-order valence-corrected chi connectivity index (χ3v) is 5.85. The number of urea groups is 1. The Balaban J connectivity index is 1.46. The van der Waals surface area contributed by atoms with Gasteiger partial charge in [-0.15, -0.1) is 0 Å². The Labute approximate surface area is 161 Å². The number of hydrogen-bond acceptors (Lipinski definition) is 5. The van der Waals surface area contributed by atoms with Gasteiger partial charge >= 0.3 is 6.03 Å². The Hall–Kier alpha value is -1.87. The molecule has 0 aliphatic carbocycles. The van der Waals surface area contributed by atoms with Crippen LogP contribution in [0.4, 0.5) is 13.6 Å². The van der Waals surface area contributed by atoms with Crippen LogP contribution in [0.2, 0.25) is 0 Å². The van der Waals surface area contributed by atoms with Gasteiger partial charge in [0.15, 0.2) is 5.17 Å². The zero-order valence-corrected chi connectivity index (χ0v) is 16.0. The summed E-state index contributed by atoms with van der Waals surface area (Å²) in [7, 11) is 0. The number of ether oxygens (including phenoxy) is 1. The van der Waals surface area contributed by atoms with Crippen LogP contribution in [-0.2, 0) is 17.2 Å². The van der Waals surface area contributed by atoms with E-state index in [9.17, 15) is 13.6 Å². The summed E-state index contributed by atoms with van der Waals surface area (Å²) in [6, 6.07) is 5.70. The molecule has 9 heteroatoms. The molecule has 3 rings (SSSR count). The standard InChI is InChI=1S/C18H24F2N4O2S/c1-2-18(19,20)14-5-3-4-12(10-14)11-21-16(25)22-17-24-23-15(27-17)13-6-8-26-9-7-13/h3-5,10,13,15,23H,2,6-9,11H2,1H3,(H2,21,22,24,25). The predicted molar refractivity (Wildman–Crippen MR) is 101 cm³/mol. The Morgan fingerprint density at radius 3 is 2.93 bits per heavy atom. The number of nitrogens with one attached hydrogen (secondary N) is 3. The number of halogens is 2. The highest BCUT2D eigenvalue weighted by molar-refractivity contribution is 8.14. The number of amides is 2. The highest BCUT2D eigenvalue weighted by Crippen LogP contribution is 2.31. The first-order valence-corrected chi connectivity index (χ1v) is 9.95. The summed E-state index contributed by atoms with van der Waals surface area (Å²) in [5.41, 5.74) is 3.64.